The minimum atomic E-state index is -0.777. The Kier molecular flexibility index (Phi) is 5.28. The fraction of sp³-hybridized carbons (Fsp3) is 0.500. The molecule has 5 heteroatoms. The summed E-state index contributed by atoms with van der Waals surface area (Å²) in [5, 5.41) is 9.01. The molecule has 0 saturated heterocycles. The monoisotopic (exact) mass is 307 g/mol. The normalized spacial score (nSPS) is 21.2. The van der Waals surface area contributed by atoms with Gasteiger partial charge in [0.05, 0.1) is 5.92 Å². The highest BCUT2D eigenvalue weighted by Crippen LogP contribution is 2.32. The van der Waals surface area contributed by atoms with Crippen molar-refractivity contribution >= 4 is 23.6 Å². The number of benzene rings is 1. The quantitative estimate of drug-likeness (QED) is 0.850. The number of nitrogens with zero attached hydrogens (tertiary/aromatic N) is 1. The molecule has 1 aromatic carbocycles. The van der Waals surface area contributed by atoms with Crippen molar-refractivity contribution in [3.05, 3.63) is 29.8 Å². The Balaban J connectivity index is 1.92. The van der Waals surface area contributed by atoms with Crippen LogP contribution in [0.15, 0.2) is 29.2 Å². The minimum Gasteiger partial charge on any atom is -0.481 e. The first-order chi connectivity index (χ1) is 10.0. The maximum atomic E-state index is 12.4. The zero-order valence-electron chi connectivity index (χ0n) is 12.4. The van der Waals surface area contributed by atoms with E-state index in [0.717, 1.165) is 5.56 Å². The molecule has 1 amide bonds. The molecule has 2 rings (SSSR count). The summed E-state index contributed by atoms with van der Waals surface area (Å²) in [6.45, 7) is 0.571. The van der Waals surface area contributed by atoms with Gasteiger partial charge in [0.2, 0.25) is 5.91 Å². The van der Waals surface area contributed by atoms with Crippen LogP contribution in [0.2, 0.25) is 0 Å². The van der Waals surface area contributed by atoms with Gasteiger partial charge >= 0.3 is 5.97 Å². The zero-order chi connectivity index (χ0) is 15.4. The third-order valence-electron chi connectivity index (χ3n) is 4.09. The van der Waals surface area contributed by atoms with Crippen LogP contribution in [0.1, 0.15) is 24.8 Å². The molecule has 0 heterocycles. The molecular formula is C16H21NO3S. The number of carbonyl (C=O) groups excluding carboxylic acids is 1. The van der Waals surface area contributed by atoms with Gasteiger partial charge in [0.15, 0.2) is 0 Å². The Morgan fingerprint density at radius 1 is 1.24 bits per heavy atom. The molecule has 0 unspecified atom stereocenters. The third kappa shape index (κ3) is 4.00. The van der Waals surface area contributed by atoms with Gasteiger partial charge in [-0.1, -0.05) is 12.1 Å². The van der Waals surface area contributed by atoms with E-state index >= 15 is 0 Å². The van der Waals surface area contributed by atoms with Crippen molar-refractivity contribution in [3.63, 3.8) is 0 Å². The summed E-state index contributed by atoms with van der Waals surface area (Å²) >= 11 is 1.69. The van der Waals surface area contributed by atoms with Crippen LogP contribution in [0, 0.1) is 11.8 Å². The molecule has 114 valence electrons. The molecule has 1 saturated carbocycles. The van der Waals surface area contributed by atoms with Crippen molar-refractivity contribution in [1.82, 2.24) is 4.90 Å². The summed E-state index contributed by atoms with van der Waals surface area (Å²) in [7, 11) is 1.79. The number of rotatable bonds is 5. The van der Waals surface area contributed by atoms with Crippen molar-refractivity contribution in [2.45, 2.75) is 30.7 Å². The Morgan fingerprint density at radius 2 is 1.86 bits per heavy atom. The second-order valence-electron chi connectivity index (χ2n) is 5.59. The maximum Gasteiger partial charge on any atom is 0.306 e. The topological polar surface area (TPSA) is 57.6 Å². The molecule has 1 N–H and O–H groups in total. The molecule has 1 aliphatic carbocycles. The van der Waals surface area contributed by atoms with E-state index in [1.54, 1.807) is 23.7 Å². The van der Waals surface area contributed by atoms with E-state index in [1.807, 2.05) is 30.5 Å². The standard InChI is InChI=1S/C16H21NO3S/c1-17(10-11-3-7-14(21-2)8-4-11)15(18)12-5-6-13(9-12)16(19)20/h3-4,7-8,12-13H,5-6,9-10H2,1-2H3,(H,19,20)/t12-,13+/m1/s1. The Morgan fingerprint density at radius 3 is 2.38 bits per heavy atom. The average molecular weight is 307 g/mol. The molecule has 4 nitrogen and oxygen atoms in total. The van der Waals surface area contributed by atoms with E-state index in [2.05, 4.69) is 0 Å². The van der Waals surface area contributed by atoms with Crippen molar-refractivity contribution in [3.8, 4) is 0 Å². The molecule has 0 radical (unpaired) electrons. The summed E-state index contributed by atoms with van der Waals surface area (Å²) < 4.78 is 0. The Bertz CT molecular complexity index is 515. The van der Waals surface area contributed by atoms with Crippen molar-refractivity contribution in [1.29, 1.82) is 0 Å². The van der Waals surface area contributed by atoms with Crippen LogP contribution < -0.4 is 0 Å². The highest BCUT2D eigenvalue weighted by molar-refractivity contribution is 7.98. The summed E-state index contributed by atoms with van der Waals surface area (Å²) in [5.74, 6) is -1.21. The van der Waals surface area contributed by atoms with Crippen LogP contribution >= 0.6 is 11.8 Å². The number of carboxylic acids is 1. The number of carboxylic acid groups (broad SMARTS) is 1. The lowest BCUT2D eigenvalue weighted by atomic mass is 10.0. The van der Waals surface area contributed by atoms with E-state index in [-0.39, 0.29) is 17.7 Å². The fourth-order valence-electron chi connectivity index (χ4n) is 2.82. The lowest BCUT2D eigenvalue weighted by Gasteiger charge is -2.21. The summed E-state index contributed by atoms with van der Waals surface area (Å²) in [5.41, 5.74) is 1.09. The minimum absolute atomic E-state index is 0.0627. The average Bonchev–Trinajstić information content (AvgIpc) is 2.97. The number of carbonyl (C=O) groups is 2. The van der Waals surface area contributed by atoms with E-state index in [9.17, 15) is 9.59 Å². The number of hydrogen-bond donors (Lipinski definition) is 1. The molecule has 2 atom stereocenters. The van der Waals surface area contributed by atoms with Gasteiger partial charge in [-0.25, -0.2) is 0 Å². The molecular weight excluding hydrogens is 286 g/mol. The second-order valence-corrected chi connectivity index (χ2v) is 6.47. The molecule has 1 aliphatic rings. The van der Waals surface area contributed by atoms with Crippen LogP contribution in [-0.4, -0.2) is 35.2 Å². The van der Waals surface area contributed by atoms with Crippen molar-refractivity contribution in [2.24, 2.45) is 11.8 Å². The molecule has 0 aromatic heterocycles. The summed E-state index contributed by atoms with van der Waals surface area (Å²) in [4.78, 5) is 26.2. The van der Waals surface area contributed by atoms with Crippen LogP contribution in [-0.2, 0) is 16.1 Å². The lowest BCUT2D eigenvalue weighted by Crippen LogP contribution is -2.31. The second kappa shape index (κ2) is 6.98. The van der Waals surface area contributed by atoms with Gasteiger partial charge in [-0.05, 0) is 43.2 Å². The van der Waals surface area contributed by atoms with E-state index in [4.69, 9.17) is 5.11 Å². The lowest BCUT2D eigenvalue weighted by molar-refractivity contribution is -0.141. The largest absolute Gasteiger partial charge is 0.481 e. The van der Waals surface area contributed by atoms with Crippen molar-refractivity contribution in [2.75, 3.05) is 13.3 Å². The van der Waals surface area contributed by atoms with Crippen LogP contribution in [0.5, 0.6) is 0 Å². The van der Waals surface area contributed by atoms with Crippen LogP contribution in [0.3, 0.4) is 0 Å². The molecule has 0 aliphatic heterocycles. The highest BCUT2D eigenvalue weighted by Gasteiger charge is 2.35. The molecule has 1 aromatic rings. The number of amides is 1. The van der Waals surface area contributed by atoms with E-state index in [0.29, 0.717) is 25.8 Å². The van der Waals surface area contributed by atoms with Gasteiger partial charge in [0.1, 0.15) is 0 Å². The number of thioether (sulfide) groups is 1. The third-order valence-corrected chi connectivity index (χ3v) is 4.83. The summed E-state index contributed by atoms with van der Waals surface area (Å²) in [6, 6.07) is 8.16. The van der Waals surface area contributed by atoms with E-state index in [1.165, 1.54) is 4.90 Å². The zero-order valence-corrected chi connectivity index (χ0v) is 13.2. The fourth-order valence-corrected chi connectivity index (χ4v) is 3.23. The summed E-state index contributed by atoms with van der Waals surface area (Å²) in [6.07, 6.45) is 3.81. The molecule has 0 spiro atoms. The predicted octanol–water partition coefficient (Wildman–Crippen LogP) is 2.87. The van der Waals surface area contributed by atoms with E-state index < -0.39 is 5.97 Å². The molecule has 1 fully saturated rings. The number of aliphatic carboxylic acids is 1. The first-order valence-electron chi connectivity index (χ1n) is 7.12. The first kappa shape index (κ1) is 15.9. The maximum absolute atomic E-state index is 12.4. The van der Waals surface area contributed by atoms with Gasteiger partial charge in [-0.15, -0.1) is 11.8 Å². The molecule has 21 heavy (non-hydrogen) atoms. The SMILES string of the molecule is CSc1ccc(CN(C)C(=O)[C@@H]2CC[C@H](C(=O)O)C2)cc1. The van der Waals surface area contributed by atoms with Crippen LogP contribution in [0.4, 0.5) is 0 Å². The van der Waals surface area contributed by atoms with Gasteiger partial charge in [-0.3, -0.25) is 9.59 Å². The highest BCUT2D eigenvalue weighted by atomic mass is 32.2. The smallest absolute Gasteiger partial charge is 0.306 e. The first-order valence-corrected chi connectivity index (χ1v) is 8.34. The number of hydrogen-bond acceptors (Lipinski definition) is 3. The van der Waals surface area contributed by atoms with Gasteiger partial charge in [0.25, 0.3) is 0 Å². The Labute approximate surface area is 129 Å². The van der Waals surface area contributed by atoms with Gasteiger partial charge < -0.3 is 10.0 Å². The predicted molar refractivity (Wildman–Crippen MR) is 83.2 cm³/mol. The Hall–Kier alpha value is -1.49. The molecule has 0 bridgehead atoms. The van der Waals surface area contributed by atoms with Crippen LogP contribution in [0.25, 0.3) is 0 Å². The van der Waals surface area contributed by atoms with Crippen molar-refractivity contribution < 1.29 is 14.7 Å². The van der Waals surface area contributed by atoms with Gasteiger partial charge in [0, 0.05) is 24.4 Å². The van der Waals surface area contributed by atoms with Gasteiger partial charge in [-0.2, -0.15) is 0 Å².